The Kier molecular flexibility index (Phi) is 4.57. The Morgan fingerprint density at radius 3 is 2.57 bits per heavy atom. The zero-order valence-electron chi connectivity index (χ0n) is 11.3. The lowest BCUT2D eigenvalue weighted by molar-refractivity contribution is -0.140. The van der Waals surface area contributed by atoms with Crippen molar-refractivity contribution in [2.24, 2.45) is 0 Å². The van der Waals surface area contributed by atoms with Gasteiger partial charge in [0.15, 0.2) is 0 Å². The van der Waals surface area contributed by atoms with Crippen molar-refractivity contribution < 1.29 is 17.6 Å². The van der Waals surface area contributed by atoms with Crippen LogP contribution in [0.3, 0.4) is 0 Å². The van der Waals surface area contributed by atoms with Crippen molar-refractivity contribution in [3.8, 4) is 0 Å². The van der Waals surface area contributed by atoms with Gasteiger partial charge in [-0.05, 0) is 36.8 Å². The Morgan fingerprint density at radius 1 is 1.19 bits per heavy atom. The summed E-state index contributed by atoms with van der Waals surface area (Å²) >= 11 is 0. The molecule has 1 aromatic carbocycles. The Morgan fingerprint density at radius 2 is 1.95 bits per heavy atom. The maximum atomic E-state index is 13.2. The molecule has 112 valence electrons. The number of rotatable bonds is 4. The number of aromatic nitrogens is 1. The first-order chi connectivity index (χ1) is 9.88. The molecule has 0 bridgehead atoms. The summed E-state index contributed by atoms with van der Waals surface area (Å²) in [4.78, 5) is 4.16. The Bertz CT molecular complexity index is 596. The normalized spacial score (nSPS) is 13.2. The molecule has 1 heterocycles. The minimum Gasteiger partial charge on any atom is -0.305 e. The smallest absolute Gasteiger partial charge is 0.305 e. The van der Waals surface area contributed by atoms with Crippen LogP contribution in [0.4, 0.5) is 17.6 Å². The van der Waals surface area contributed by atoms with Crippen LogP contribution in [0, 0.1) is 5.82 Å². The predicted octanol–water partition coefficient (Wildman–Crippen LogP) is 4.09. The standard InChI is InChI=1S/C15H14F4N2/c1-10(14-4-2-3-7-20-14)21-9-11-5-6-13(16)12(8-11)15(17,18)19/h2-8,10,21H,9H2,1H3. The monoisotopic (exact) mass is 298 g/mol. The fraction of sp³-hybridized carbons (Fsp3) is 0.267. The SMILES string of the molecule is CC(NCc1ccc(F)c(C(F)(F)F)c1)c1ccccn1. The third kappa shape index (κ3) is 4.01. The molecule has 0 amide bonds. The number of hydrogen-bond acceptors (Lipinski definition) is 2. The molecule has 1 aromatic heterocycles. The second kappa shape index (κ2) is 6.22. The molecule has 2 nitrogen and oxygen atoms in total. The second-order valence-corrected chi connectivity index (χ2v) is 4.67. The molecule has 0 saturated carbocycles. The van der Waals surface area contributed by atoms with Crippen molar-refractivity contribution in [3.63, 3.8) is 0 Å². The summed E-state index contributed by atoms with van der Waals surface area (Å²) in [7, 11) is 0. The minimum absolute atomic E-state index is 0.120. The van der Waals surface area contributed by atoms with Gasteiger partial charge in [-0.25, -0.2) is 4.39 Å². The average Bonchev–Trinajstić information content (AvgIpc) is 2.45. The van der Waals surface area contributed by atoms with E-state index in [-0.39, 0.29) is 12.6 Å². The van der Waals surface area contributed by atoms with E-state index in [9.17, 15) is 17.6 Å². The lowest BCUT2D eigenvalue weighted by Crippen LogP contribution is -2.19. The van der Waals surface area contributed by atoms with Gasteiger partial charge in [0, 0.05) is 18.8 Å². The van der Waals surface area contributed by atoms with Gasteiger partial charge in [0.1, 0.15) is 5.82 Å². The highest BCUT2D eigenvalue weighted by Crippen LogP contribution is 2.31. The van der Waals surface area contributed by atoms with Gasteiger partial charge >= 0.3 is 6.18 Å². The number of benzene rings is 1. The summed E-state index contributed by atoms with van der Waals surface area (Å²) in [5.41, 5.74) is -0.0885. The van der Waals surface area contributed by atoms with Crippen LogP contribution in [-0.4, -0.2) is 4.98 Å². The molecule has 0 aliphatic rings. The van der Waals surface area contributed by atoms with Gasteiger partial charge in [-0.15, -0.1) is 0 Å². The number of pyridine rings is 1. The Balaban J connectivity index is 2.07. The van der Waals surface area contributed by atoms with E-state index in [2.05, 4.69) is 10.3 Å². The molecular formula is C15H14F4N2. The lowest BCUT2D eigenvalue weighted by Gasteiger charge is -2.14. The van der Waals surface area contributed by atoms with Gasteiger partial charge in [0.25, 0.3) is 0 Å². The van der Waals surface area contributed by atoms with Gasteiger partial charge in [-0.2, -0.15) is 13.2 Å². The second-order valence-electron chi connectivity index (χ2n) is 4.67. The molecule has 0 fully saturated rings. The van der Waals surface area contributed by atoms with Crippen LogP contribution in [0.2, 0.25) is 0 Å². The van der Waals surface area contributed by atoms with Crippen LogP contribution in [0.25, 0.3) is 0 Å². The van der Waals surface area contributed by atoms with E-state index >= 15 is 0 Å². The molecule has 2 rings (SSSR count). The number of alkyl halides is 3. The summed E-state index contributed by atoms with van der Waals surface area (Å²) < 4.78 is 51.0. The van der Waals surface area contributed by atoms with Crippen LogP contribution >= 0.6 is 0 Å². The highest BCUT2D eigenvalue weighted by Gasteiger charge is 2.34. The van der Waals surface area contributed by atoms with E-state index in [0.717, 1.165) is 17.8 Å². The van der Waals surface area contributed by atoms with Gasteiger partial charge in [-0.1, -0.05) is 12.1 Å². The van der Waals surface area contributed by atoms with Crippen LogP contribution in [0.15, 0.2) is 42.6 Å². The van der Waals surface area contributed by atoms with Crippen molar-refractivity contribution in [1.82, 2.24) is 10.3 Å². The third-order valence-corrected chi connectivity index (χ3v) is 3.08. The molecule has 0 radical (unpaired) electrons. The quantitative estimate of drug-likeness (QED) is 0.860. The Labute approximate surface area is 119 Å². The van der Waals surface area contributed by atoms with E-state index in [1.54, 1.807) is 12.3 Å². The molecule has 0 aliphatic heterocycles. The summed E-state index contributed by atoms with van der Waals surface area (Å²) in [5, 5.41) is 3.06. The van der Waals surface area contributed by atoms with Crippen LogP contribution in [0.1, 0.15) is 29.8 Å². The zero-order chi connectivity index (χ0) is 15.5. The summed E-state index contributed by atoms with van der Waals surface area (Å²) in [6.07, 6.45) is -3.04. The summed E-state index contributed by atoms with van der Waals surface area (Å²) in [5.74, 6) is -1.26. The first-order valence-electron chi connectivity index (χ1n) is 6.38. The van der Waals surface area contributed by atoms with E-state index < -0.39 is 17.6 Å². The molecule has 0 spiro atoms. The number of hydrogen-bond donors (Lipinski definition) is 1. The first-order valence-corrected chi connectivity index (χ1v) is 6.38. The summed E-state index contributed by atoms with van der Waals surface area (Å²) in [6, 6.07) is 8.32. The van der Waals surface area contributed by atoms with Crippen molar-refractivity contribution in [3.05, 3.63) is 65.2 Å². The van der Waals surface area contributed by atoms with Crippen molar-refractivity contribution in [2.45, 2.75) is 25.7 Å². The third-order valence-electron chi connectivity index (χ3n) is 3.08. The molecule has 0 saturated heterocycles. The van der Waals surface area contributed by atoms with Gasteiger partial charge in [-0.3, -0.25) is 4.98 Å². The van der Waals surface area contributed by atoms with E-state index in [1.165, 1.54) is 6.07 Å². The van der Waals surface area contributed by atoms with Crippen LogP contribution in [0.5, 0.6) is 0 Å². The fourth-order valence-corrected chi connectivity index (χ4v) is 1.91. The highest BCUT2D eigenvalue weighted by atomic mass is 19.4. The van der Waals surface area contributed by atoms with E-state index in [0.29, 0.717) is 5.56 Å². The first kappa shape index (κ1) is 15.4. The van der Waals surface area contributed by atoms with Crippen molar-refractivity contribution in [1.29, 1.82) is 0 Å². The molecular weight excluding hydrogens is 284 g/mol. The van der Waals surface area contributed by atoms with Crippen LogP contribution in [-0.2, 0) is 12.7 Å². The zero-order valence-corrected chi connectivity index (χ0v) is 11.3. The number of nitrogens with one attached hydrogen (secondary N) is 1. The van der Waals surface area contributed by atoms with E-state index in [4.69, 9.17) is 0 Å². The largest absolute Gasteiger partial charge is 0.419 e. The molecule has 2 aromatic rings. The summed E-state index contributed by atoms with van der Waals surface area (Å²) in [6.45, 7) is 2.05. The average molecular weight is 298 g/mol. The predicted molar refractivity (Wildman–Crippen MR) is 70.9 cm³/mol. The Hall–Kier alpha value is -1.95. The van der Waals surface area contributed by atoms with Gasteiger partial charge in [0.05, 0.1) is 11.3 Å². The maximum absolute atomic E-state index is 13.2. The number of nitrogens with zero attached hydrogens (tertiary/aromatic N) is 1. The molecule has 0 aliphatic carbocycles. The van der Waals surface area contributed by atoms with E-state index in [1.807, 2.05) is 19.1 Å². The fourth-order valence-electron chi connectivity index (χ4n) is 1.91. The van der Waals surface area contributed by atoms with Crippen molar-refractivity contribution in [2.75, 3.05) is 0 Å². The van der Waals surface area contributed by atoms with Crippen LogP contribution < -0.4 is 5.32 Å². The molecule has 1 unspecified atom stereocenters. The highest BCUT2D eigenvalue weighted by molar-refractivity contribution is 5.27. The molecule has 21 heavy (non-hydrogen) atoms. The lowest BCUT2D eigenvalue weighted by atomic mass is 10.1. The minimum atomic E-state index is -4.69. The number of halogens is 4. The maximum Gasteiger partial charge on any atom is 0.419 e. The van der Waals surface area contributed by atoms with Crippen molar-refractivity contribution >= 4 is 0 Å². The molecule has 1 atom stereocenters. The molecule has 1 N–H and O–H groups in total. The van der Waals surface area contributed by atoms with Gasteiger partial charge in [0.2, 0.25) is 0 Å². The molecule has 6 heteroatoms. The topological polar surface area (TPSA) is 24.9 Å². The van der Waals surface area contributed by atoms with Gasteiger partial charge < -0.3 is 5.32 Å².